The van der Waals surface area contributed by atoms with E-state index in [-0.39, 0.29) is 22.4 Å². The van der Waals surface area contributed by atoms with Crippen molar-refractivity contribution in [2.75, 3.05) is 12.4 Å². The minimum absolute atomic E-state index is 0.0303. The first-order chi connectivity index (χ1) is 14.7. The molecule has 1 aromatic heterocycles. The number of carbonyl (C=O) groups is 2. The fraction of sp³-hybridized carbons (Fsp3) is 0.300. The van der Waals surface area contributed by atoms with Crippen LogP contribution >= 0.6 is 11.6 Å². The van der Waals surface area contributed by atoms with Gasteiger partial charge in [-0.05, 0) is 44.2 Å². The molecule has 1 atom stereocenters. The van der Waals surface area contributed by atoms with Gasteiger partial charge in [0.1, 0.15) is 16.7 Å². The zero-order chi connectivity index (χ0) is 24.0. The predicted octanol–water partition coefficient (Wildman–Crippen LogP) is 4.00. The molecule has 1 aromatic carbocycles. The van der Waals surface area contributed by atoms with Crippen LogP contribution in [0.3, 0.4) is 0 Å². The quantitative estimate of drug-likeness (QED) is 0.522. The van der Waals surface area contributed by atoms with Gasteiger partial charge in [-0.3, -0.25) is 14.5 Å². The van der Waals surface area contributed by atoms with Crippen molar-refractivity contribution in [3.8, 4) is 0 Å². The molecular weight excluding hydrogens is 454 g/mol. The molecule has 2 aromatic rings. The van der Waals surface area contributed by atoms with Crippen LogP contribution in [-0.2, 0) is 11.0 Å². The maximum Gasteiger partial charge on any atom is 0.418 e. The van der Waals surface area contributed by atoms with Gasteiger partial charge in [0.2, 0.25) is 5.91 Å². The van der Waals surface area contributed by atoms with Gasteiger partial charge in [0.05, 0.1) is 17.0 Å². The Bertz CT molecular complexity index is 1130. The molecule has 0 radical (unpaired) electrons. The third-order valence-corrected chi connectivity index (χ3v) is 5.29. The summed E-state index contributed by atoms with van der Waals surface area (Å²) in [7, 11) is 1.43. The van der Waals surface area contributed by atoms with E-state index in [1.54, 1.807) is 13.8 Å². The van der Waals surface area contributed by atoms with E-state index in [4.69, 9.17) is 17.3 Å². The summed E-state index contributed by atoms with van der Waals surface area (Å²) < 4.78 is 54.4. The fourth-order valence-corrected chi connectivity index (χ4v) is 3.50. The van der Waals surface area contributed by atoms with Gasteiger partial charge < -0.3 is 11.1 Å². The summed E-state index contributed by atoms with van der Waals surface area (Å²) in [5.41, 5.74) is 2.28. The highest BCUT2D eigenvalue weighted by Crippen LogP contribution is 2.42. The number of anilines is 1. The third kappa shape index (κ3) is 4.24. The molecule has 1 aliphatic heterocycles. The molecule has 0 saturated heterocycles. The largest absolute Gasteiger partial charge is 0.418 e. The van der Waals surface area contributed by atoms with Gasteiger partial charge in [0, 0.05) is 18.3 Å². The number of nitrogens with zero attached hydrogens (tertiary/aromatic N) is 3. The highest BCUT2D eigenvalue weighted by molar-refractivity contribution is 6.29. The SMILES string of the molecule is CN1C(=O)C(C)(C)C(c2cc(NC(=O)c3nc(Cl)ccc3C(F)(F)F)ccc2F)N=C1N. The molecule has 2 amide bonds. The number of hydrogen-bond acceptors (Lipinski definition) is 5. The maximum atomic E-state index is 14.7. The Hall–Kier alpha value is -3.21. The number of benzene rings is 1. The van der Waals surface area contributed by atoms with E-state index in [0.717, 1.165) is 23.1 Å². The van der Waals surface area contributed by atoms with Crippen LogP contribution in [0, 0.1) is 11.2 Å². The summed E-state index contributed by atoms with van der Waals surface area (Å²) in [6.45, 7) is 3.12. The Morgan fingerprint density at radius 2 is 1.91 bits per heavy atom. The molecule has 32 heavy (non-hydrogen) atoms. The second-order valence-electron chi connectivity index (χ2n) is 7.69. The van der Waals surface area contributed by atoms with Gasteiger partial charge in [-0.25, -0.2) is 14.4 Å². The van der Waals surface area contributed by atoms with Crippen LogP contribution in [0.25, 0.3) is 0 Å². The summed E-state index contributed by atoms with van der Waals surface area (Å²) in [5, 5.41) is 1.96. The van der Waals surface area contributed by atoms with Crippen LogP contribution in [0.4, 0.5) is 23.2 Å². The normalized spacial score (nSPS) is 18.4. The van der Waals surface area contributed by atoms with Gasteiger partial charge in [-0.15, -0.1) is 0 Å². The van der Waals surface area contributed by atoms with E-state index < -0.39 is 46.5 Å². The average molecular weight is 472 g/mol. The van der Waals surface area contributed by atoms with E-state index in [2.05, 4.69) is 15.3 Å². The van der Waals surface area contributed by atoms with Gasteiger partial charge in [0.25, 0.3) is 5.91 Å². The van der Waals surface area contributed by atoms with E-state index in [9.17, 15) is 27.2 Å². The summed E-state index contributed by atoms with van der Waals surface area (Å²) in [5.74, 6) is -2.45. The maximum absolute atomic E-state index is 14.7. The van der Waals surface area contributed by atoms with E-state index in [1.807, 2.05) is 0 Å². The van der Waals surface area contributed by atoms with Crippen molar-refractivity contribution in [1.82, 2.24) is 9.88 Å². The number of aromatic nitrogens is 1. The Balaban J connectivity index is 2.00. The number of alkyl halides is 3. The molecule has 12 heteroatoms. The number of rotatable bonds is 3. The zero-order valence-electron chi connectivity index (χ0n) is 17.1. The number of amides is 2. The van der Waals surface area contributed by atoms with Crippen molar-refractivity contribution < 1.29 is 27.2 Å². The van der Waals surface area contributed by atoms with Crippen molar-refractivity contribution in [2.45, 2.75) is 26.1 Å². The average Bonchev–Trinajstić information content (AvgIpc) is 2.70. The lowest BCUT2D eigenvalue weighted by molar-refractivity contribution is -0.138. The Labute approximate surface area is 185 Å². The molecule has 3 rings (SSSR count). The van der Waals surface area contributed by atoms with Crippen LogP contribution in [0.5, 0.6) is 0 Å². The van der Waals surface area contributed by atoms with E-state index >= 15 is 0 Å². The number of pyridine rings is 1. The summed E-state index contributed by atoms with van der Waals surface area (Å²) in [6.07, 6.45) is -4.84. The first-order valence-corrected chi connectivity index (χ1v) is 9.57. The van der Waals surface area contributed by atoms with Crippen molar-refractivity contribution in [2.24, 2.45) is 16.1 Å². The Morgan fingerprint density at radius 1 is 1.25 bits per heavy atom. The molecule has 0 bridgehead atoms. The Morgan fingerprint density at radius 3 is 2.53 bits per heavy atom. The molecule has 1 aliphatic rings. The lowest BCUT2D eigenvalue weighted by Crippen LogP contribution is -2.51. The van der Waals surface area contributed by atoms with Crippen LogP contribution < -0.4 is 11.1 Å². The lowest BCUT2D eigenvalue weighted by atomic mass is 9.78. The molecular formula is C20H18ClF4N5O2. The topological polar surface area (TPSA) is 101 Å². The summed E-state index contributed by atoms with van der Waals surface area (Å²) in [4.78, 5) is 34.0. The molecule has 170 valence electrons. The second kappa shape index (κ2) is 8.05. The summed E-state index contributed by atoms with van der Waals surface area (Å²) in [6, 6.07) is 3.88. The highest BCUT2D eigenvalue weighted by Gasteiger charge is 2.45. The third-order valence-electron chi connectivity index (χ3n) is 5.07. The molecule has 3 N–H and O–H groups in total. The zero-order valence-corrected chi connectivity index (χ0v) is 17.8. The molecule has 0 fully saturated rings. The van der Waals surface area contributed by atoms with Crippen molar-refractivity contribution in [3.05, 3.63) is 58.1 Å². The van der Waals surface area contributed by atoms with Crippen molar-refractivity contribution in [1.29, 1.82) is 0 Å². The molecule has 0 spiro atoms. The number of hydrogen-bond donors (Lipinski definition) is 2. The van der Waals surface area contributed by atoms with Gasteiger partial charge in [0.15, 0.2) is 5.96 Å². The van der Waals surface area contributed by atoms with Gasteiger partial charge in [-0.2, -0.15) is 13.2 Å². The second-order valence-corrected chi connectivity index (χ2v) is 8.08. The molecule has 1 unspecified atom stereocenters. The first-order valence-electron chi connectivity index (χ1n) is 9.19. The van der Waals surface area contributed by atoms with Crippen LogP contribution in [-0.4, -0.2) is 34.7 Å². The number of nitrogens with two attached hydrogens (primary N) is 1. The minimum Gasteiger partial charge on any atom is -0.369 e. The monoisotopic (exact) mass is 471 g/mol. The number of nitrogens with one attached hydrogen (secondary N) is 1. The van der Waals surface area contributed by atoms with E-state index in [1.165, 1.54) is 13.1 Å². The van der Waals surface area contributed by atoms with Crippen LogP contribution in [0.15, 0.2) is 35.3 Å². The molecule has 0 saturated carbocycles. The van der Waals surface area contributed by atoms with Crippen molar-refractivity contribution in [3.63, 3.8) is 0 Å². The van der Waals surface area contributed by atoms with E-state index in [0.29, 0.717) is 6.07 Å². The Kier molecular flexibility index (Phi) is 5.90. The lowest BCUT2D eigenvalue weighted by Gasteiger charge is -2.38. The molecule has 7 nitrogen and oxygen atoms in total. The number of halogens is 5. The van der Waals surface area contributed by atoms with Gasteiger partial charge in [-0.1, -0.05) is 11.6 Å². The fourth-order valence-electron chi connectivity index (χ4n) is 3.35. The smallest absolute Gasteiger partial charge is 0.369 e. The predicted molar refractivity (Wildman–Crippen MR) is 110 cm³/mol. The number of guanidine groups is 1. The molecule has 0 aliphatic carbocycles. The van der Waals surface area contributed by atoms with Crippen LogP contribution in [0.2, 0.25) is 5.15 Å². The minimum atomic E-state index is -4.84. The standard InChI is InChI=1S/C20H18ClF4N5O2/c1-19(2)15(29-18(26)30(3)17(19)32)10-8-9(4-6-12(10)22)27-16(31)14-11(20(23,24)25)5-7-13(21)28-14/h4-8,15H,1-3H3,(H2,26,29)(H,27,31). The number of aliphatic imine (C=N–C) groups is 1. The van der Waals surface area contributed by atoms with Crippen molar-refractivity contribution >= 4 is 35.1 Å². The first kappa shape index (κ1) is 23.5. The highest BCUT2D eigenvalue weighted by atomic mass is 35.5. The van der Waals surface area contributed by atoms with Gasteiger partial charge >= 0.3 is 6.18 Å². The van der Waals surface area contributed by atoms with Crippen LogP contribution in [0.1, 0.15) is 41.5 Å². The summed E-state index contributed by atoms with van der Waals surface area (Å²) >= 11 is 5.66. The number of carbonyl (C=O) groups excluding carboxylic acids is 2. The molecule has 2 heterocycles.